The van der Waals surface area contributed by atoms with E-state index in [1.165, 1.54) is 64.2 Å². The lowest BCUT2D eigenvalue weighted by Gasteiger charge is -2.31. The summed E-state index contributed by atoms with van der Waals surface area (Å²) in [6.45, 7) is 13.1. The largest absolute Gasteiger partial charge is 0.500 e. The van der Waals surface area contributed by atoms with Crippen LogP contribution in [0.1, 0.15) is 105 Å². The van der Waals surface area contributed by atoms with Gasteiger partial charge in [-0.2, -0.15) is 0 Å². The molecule has 0 unspecified atom stereocenters. The molecule has 0 aliphatic carbocycles. The maximum Gasteiger partial charge on any atom is 0.500 e. The molecule has 0 radical (unpaired) electrons. The minimum Gasteiger partial charge on any atom is -0.374 e. The minimum atomic E-state index is -2.49. The average Bonchev–Trinajstić information content (AvgIpc) is 2.60. The summed E-state index contributed by atoms with van der Waals surface area (Å²) in [4.78, 5) is 0. The quantitative estimate of drug-likeness (QED) is 0.180. The predicted molar refractivity (Wildman–Crippen MR) is 111 cm³/mol. The van der Waals surface area contributed by atoms with Crippen molar-refractivity contribution in [2.75, 3.05) is 19.8 Å². The van der Waals surface area contributed by atoms with Gasteiger partial charge in [0.2, 0.25) is 0 Å². The predicted octanol–water partition coefficient (Wildman–Crippen LogP) is 6.98. The van der Waals surface area contributed by atoms with E-state index in [0.29, 0.717) is 19.1 Å². The van der Waals surface area contributed by atoms with E-state index in [0.717, 1.165) is 19.1 Å². The molecule has 0 aromatic carbocycles. The molecule has 0 N–H and O–H groups in total. The highest BCUT2D eigenvalue weighted by atomic mass is 28.4. The molecule has 0 fully saturated rings. The van der Waals surface area contributed by atoms with Crippen LogP contribution in [0.25, 0.3) is 0 Å². The summed E-state index contributed by atoms with van der Waals surface area (Å²) in [7, 11) is -2.49. The second-order valence-corrected chi connectivity index (χ2v) is 9.91. The van der Waals surface area contributed by atoms with Crippen molar-refractivity contribution in [2.45, 2.75) is 111 Å². The maximum absolute atomic E-state index is 6.48. The molecule has 0 aromatic rings. The van der Waals surface area contributed by atoms with E-state index in [1.54, 1.807) is 0 Å². The van der Waals surface area contributed by atoms with Crippen molar-refractivity contribution in [2.24, 2.45) is 5.92 Å². The van der Waals surface area contributed by atoms with E-state index in [1.807, 2.05) is 0 Å². The first-order valence-electron chi connectivity index (χ1n) is 11.1. The lowest BCUT2D eigenvalue weighted by Crippen LogP contribution is -2.47. The molecular weight excluding hydrogens is 328 g/mol. The highest BCUT2D eigenvalue weighted by Gasteiger charge is 2.40. The monoisotopic (exact) mass is 374 g/mol. The topological polar surface area (TPSA) is 27.7 Å². The summed E-state index contributed by atoms with van der Waals surface area (Å²) in [5.41, 5.74) is 0. The van der Waals surface area contributed by atoms with Gasteiger partial charge in [-0.05, 0) is 39.0 Å². The first kappa shape index (κ1) is 25.1. The van der Waals surface area contributed by atoms with Gasteiger partial charge >= 0.3 is 8.80 Å². The van der Waals surface area contributed by atoms with E-state index in [2.05, 4.69) is 34.6 Å². The molecular formula is C21H46O3Si. The van der Waals surface area contributed by atoms with E-state index < -0.39 is 8.80 Å². The number of hydrogen-bond acceptors (Lipinski definition) is 3. The van der Waals surface area contributed by atoms with Gasteiger partial charge in [-0.25, -0.2) is 0 Å². The third-order valence-corrected chi connectivity index (χ3v) is 7.82. The Labute approximate surface area is 159 Å². The summed E-state index contributed by atoms with van der Waals surface area (Å²) in [6, 6.07) is 0.971. The highest BCUT2D eigenvalue weighted by Crippen LogP contribution is 2.24. The van der Waals surface area contributed by atoms with Crippen molar-refractivity contribution in [3.63, 3.8) is 0 Å². The summed E-state index contributed by atoms with van der Waals surface area (Å²) in [6.07, 6.45) is 14.1. The van der Waals surface area contributed by atoms with Crippen LogP contribution in [0.3, 0.4) is 0 Å². The van der Waals surface area contributed by atoms with Gasteiger partial charge in [0.25, 0.3) is 0 Å². The first-order valence-corrected chi connectivity index (χ1v) is 13.0. The molecule has 0 amide bonds. The smallest absolute Gasteiger partial charge is 0.374 e. The van der Waals surface area contributed by atoms with Crippen LogP contribution in [0.5, 0.6) is 0 Å². The van der Waals surface area contributed by atoms with Crippen LogP contribution in [0.4, 0.5) is 0 Å². The van der Waals surface area contributed by atoms with Crippen LogP contribution in [0.15, 0.2) is 0 Å². The maximum atomic E-state index is 6.48. The molecule has 0 aliphatic heterocycles. The van der Waals surface area contributed by atoms with Gasteiger partial charge in [-0.3, -0.25) is 0 Å². The molecule has 0 atom stereocenters. The summed E-state index contributed by atoms with van der Waals surface area (Å²) < 4.78 is 18.7. The number of hydrogen-bond donors (Lipinski definition) is 0. The van der Waals surface area contributed by atoms with E-state index in [4.69, 9.17) is 13.3 Å². The normalized spacial score (nSPS) is 12.2. The second kappa shape index (κ2) is 17.5. The molecule has 0 heterocycles. The fourth-order valence-electron chi connectivity index (χ4n) is 3.29. The van der Waals surface area contributed by atoms with Crippen LogP contribution in [-0.4, -0.2) is 28.6 Å². The molecule has 3 nitrogen and oxygen atoms in total. The minimum absolute atomic E-state index is 0.664. The van der Waals surface area contributed by atoms with Gasteiger partial charge in [0.1, 0.15) is 0 Å². The fourth-order valence-corrected chi connectivity index (χ4v) is 6.03. The first-order chi connectivity index (χ1) is 12.2. The lowest BCUT2D eigenvalue weighted by atomic mass is 9.96. The van der Waals surface area contributed by atoms with Gasteiger partial charge in [0.15, 0.2) is 0 Å². The van der Waals surface area contributed by atoms with Crippen molar-refractivity contribution >= 4 is 8.80 Å². The SMILES string of the molecule is CCCCCC(CCCCC)CO[Si](CCCCC)(OCC)OCC. The van der Waals surface area contributed by atoms with E-state index >= 15 is 0 Å². The number of unbranched alkanes of at least 4 members (excludes halogenated alkanes) is 6. The zero-order chi connectivity index (χ0) is 18.8. The number of rotatable bonds is 19. The van der Waals surface area contributed by atoms with Crippen molar-refractivity contribution in [1.82, 2.24) is 0 Å². The highest BCUT2D eigenvalue weighted by molar-refractivity contribution is 6.60. The van der Waals surface area contributed by atoms with Crippen LogP contribution < -0.4 is 0 Å². The summed E-state index contributed by atoms with van der Waals surface area (Å²) in [5, 5.41) is 0. The molecule has 0 saturated heterocycles. The molecule has 0 rings (SSSR count). The van der Waals surface area contributed by atoms with Gasteiger partial charge in [-0.15, -0.1) is 0 Å². The Kier molecular flexibility index (Phi) is 17.6. The van der Waals surface area contributed by atoms with Crippen LogP contribution in [0, 0.1) is 5.92 Å². The van der Waals surface area contributed by atoms with Gasteiger partial charge in [0, 0.05) is 25.9 Å². The van der Waals surface area contributed by atoms with Crippen molar-refractivity contribution in [1.29, 1.82) is 0 Å². The molecule has 0 bridgehead atoms. The van der Waals surface area contributed by atoms with Crippen LogP contribution in [0.2, 0.25) is 6.04 Å². The van der Waals surface area contributed by atoms with Crippen LogP contribution >= 0.6 is 0 Å². The Bertz CT molecular complexity index is 258. The van der Waals surface area contributed by atoms with E-state index in [-0.39, 0.29) is 0 Å². The second-order valence-electron chi connectivity index (χ2n) is 7.17. The Morgan fingerprint density at radius 2 is 1.08 bits per heavy atom. The van der Waals surface area contributed by atoms with Crippen molar-refractivity contribution < 1.29 is 13.3 Å². The standard InChI is InChI=1S/C21H46O3Si/c1-6-11-14-17-21(18-15-12-7-2)20-24-25(22-9-4,23-10-5)19-16-13-8-3/h21H,6-20H2,1-5H3. The molecule has 0 spiro atoms. The summed E-state index contributed by atoms with van der Waals surface area (Å²) >= 11 is 0. The Morgan fingerprint density at radius 1 is 0.600 bits per heavy atom. The zero-order valence-electron chi connectivity index (χ0n) is 17.9. The molecule has 4 heteroatoms. The van der Waals surface area contributed by atoms with Gasteiger partial charge in [-0.1, -0.05) is 72.1 Å². The Balaban J connectivity index is 4.68. The molecule has 152 valence electrons. The Morgan fingerprint density at radius 3 is 1.52 bits per heavy atom. The Hall–Kier alpha value is 0.0969. The molecule has 0 aromatic heterocycles. The van der Waals surface area contributed by atoms with Gasteiger partial charge < -0.3 is 13.3 Å². The van der Waals surface area contributed by atoms with Crippen molar-refractivity contribution in [3.8, 4) is 0 Å². The van der Waals surface area contributed by atoms with Gasteiger partial charge in [0.05, 0.1) is 0 Å². The average molecular weight is 375 g/mol. The van der Waals surface area contributed by atoms with E-state index in [9.17, 15) is 0 Å². The molecule has 25 heavy (non-hydrogen) atoms. The lowest BCUT2D eigenvalue weighted by molar-refractivity contribution is 0.0510. The summed E-state index contributed by atoms with van der Waals surface area (Å²) in [5.74, 6) is 0.664. The third-order valence-electron chi connectivity index (χ3n) is 4.79. The fraction of sp³-hybridized carbons (Fsp3) is 1.00. The third kappa shape index (κ3) is 13.0. The molecule has 0 aliphatic rings. The molecule has 0 saturated carbocycles. The van der Waals surface area contributed by atoms with Crippen LogP contribution in [-0.2, 0) is 13.3 Å². The van der Waals surface area contributed by atoms with Crippen molar-refractivity contribution in [3.05, 3.63) is 0 Å². The zero-order valence-corrected chi connectivity index (χ0v) is 18.9.